The lowest BCUT2D eigenvalue weighted by atomic mass is 10.2. The topological polar surface area (TPSA) is 89.3 Å². The number of hydrogen-bond donors (Lipinski definition) is 1. The second-order valence-electron chi connectivity index (χ2n) is 4.74. The van der Waals surface area contributed by atoms with Gasteiger partial charge in [-0.05, 0) is 24.4 Å². The first-order valence-electron chi connectivity index (χ1n) is 6.75. The van der Waals surface area contributed by atoms with Crippen LogP contribution in [-0.2, 0) is 15.8 Å². The molecule has 23 heavy (non-hydrogen) atoms. The van der Waals surface area contributed by atoms with Gasteiger partial charge >= 0.3 is 0 Å². The molecule has 1 aromatic carbocycles. The molecule has 2 aromatic rings. The minimum atomic E-state index is -3.73. The summed E-state index contributed by atoms with van der Waals surface area (Å²) >= 11 is 3.30. The highest BCUT2D eigenvalue weighted by molar-refractivity contribution is 7.98. The van der Waals surface area contributed by atoms with E-state index in [1.165, 1.54) is 17.0 Å². The maximum absolute atomic E-state index is 12.2. The molecule has 0 saturated heterocycles. The van der Waals surface area contributed by atoms with Crippen LogP contribution >= 0.6 is 23.1 Å². The molecule has 0 aliphatic heterocycles. The molecule has 9 heteroatoms. The Kier molecular flexibility index (Phi) is 6.17. The molecule has 1 aromatic heterocycles. The third-order valence-electron chi connectivity index (χ3n) is 3.05. The van der Waals surface area contributed by atoms with Crippen molar-refractivity contribution < 1.29 is 13.3 Å². The van der Waals surface area contributed by atoms with Crippen molar-refractivity contribution in [3.8, 4) is 0 Å². The summed E-state index contributed by atoms with van der Waals surface area (Å²) in [5.41, 5.74) is 0.236. The van der Waals surface area contributed by atoms with Crippen molar-refractivity contribution >= 4 is 38.8 Å². The minimum Gasteiger partial charge on any atom is -0.258 e. The molecule has 0 radical (unpaired) electrons. The van der Waals surface area contributed by atoms with E-state index in [-0.39, 0.29) is 17.1 Å². The molecule has 2 rings (SSSR count). The van der Waals surface area contributed by atoms with Gasteiger partial charge in [0.25, 0.3) is 5.69 Å². The first-order valence-corrected chi connectivity index (χ1v) is 10.3. The van der Waals surface area contributed by atoms with Gasteiger partial charge in [0, 0.05) is 34.6 Å². The lowest BCUT2D eigenvalue weighted by Gasteiger charge is -2.07. The van der Waals surface area contributed by atoms with Crippen molar-refractivity contribution in [1.82, 2.24) is 4.72 Å². The molecule has 1 heterocycles. The smallest absolute Gasteiger partial charge is 0.258 e. The second-order valence-corrected chi connectivity index (χ2v) is 8.64. The molecule has 0 aliphatic rings. The summed E-state index contributed by atoms with van der Waals surface area (Å²) in [5.74, 6) is 1.47. The van der Waals surface area contributed by atoms with E-state index in [2.05, 4.69) is 4.72 Å². The molecule has 6 nitrogen and oxygen atoms in total. The van der Waals surface area contributed by atoms with Gasteiger partial charge in [-0.2, -0.15) is 11.8 Å². The normalized spacial score (nSPS) is 11.5. The molecule has 0 spiro atoms. The maximum atomic E-state index is 12.2. The Labute approximate surface area is 143 Å². The number of thiophene rings is 1. The predicted molar refractivity (Wildman–Crippen MR) is 93.5 cm³/mol. The number of nitro groups is 1. The SMILES string of the molecule is Cc1ccc(S(=O)(=O)NCCSCc2cccs2)cc1[N+](=O)[O-]. The monoisotopic (exact) mass is 372 g/mol. The largest absolute Gasteiger partial charge is 0.273 e. The van der Waals surface area contributed by atoms with E-state index in [9.17, 15) is 18.5 Å². The van der Waals surface area contributed by atoms with Crippen molar-refractivity contribution in [2.45, 2.75) is 17.6 Å². The van der Waals surface area contributed by atoms with Gasteiger partial charge in [0.1, 0.15) is 0 Å². The summed E-state index contributed by atoms with van der Waals surface area (Å²) in [4.78, 5) is 11.5. The van der Waals surface area contributed by atoms with Gasteiger partial charge in [-0.25, -0.2) is 13.1 Å². The number of nitrogens with zero attached hydrogens (tertiary/aromatic N) is 1. The summed E-state index contributed by atoms with van der Waals surface area (Å²) in [6, 6.07) is 7.93. The minimum absolute atomic E-state index is 0.0851. The van der Waals surface area contributed by atoms with Crippen LogP contribution in [0.4, 0.5) is 5.69 Å². The quantitative estimate of drug-likeness (QED) is 0.437. The number of thioether (sulfide) groups is 1. The number of nitrogens with one attached hydrogen (secondary N) is 1. The Morgan fingerprint density at radius 2 is 2.13 bits per heavy atom. The van der Waals surface area contributed by atoms with Gasteiger partial charge in [-0.1, -0.05) is 12.1 Å². The zero-order valence-electron chi connectivity index (χ0n) is 12.4. The van der Waals surface area contributed by atoms with Gasteiger partial charge in [0.15, 0.2) is 0 Å². The zero-order chi connectivity index (χ0) is 16.9. The van der Waals surface area contributed by atoms with E-state index in [0.29, 0.717) is 11.3 Å². The Balaban J connectivity index is 1.91. The van der Waals surface area contributed by atoms with Crippen LogP contribution in [-0.4, -0.2) is 25.6 Å². The van der Waals surface area contributed by atoms with Crippen LogP contribution in [0, 0.1) is 17.0 Å². The number of hydrogen-bond acceptors (Lipinski definition) is 6. The Hall–Kier alpha value is -1.42. The highest BCUT2D eigenvalue weighted by Crippen LogP contribution is 2.22. The summed E-state index contributed by atoms with van der Waals surface area (Å²) in [5, 5.41) is 12.9. The van der Waals surface area contributed by atoms with Crippen molar-refractivity contribution in [2.75, 3.05) is 12.3 Å². The summed E-state index contributed by atoms with van der Waals surface area (Å²) < 4.78 is 26.8. The first-order chi connectivity index (χ1) is 10.9. The third kappa shape index (κ3) is 5.03. The number of nitro benzene ring substituents is 1. The van der Waals surface area contributed by atoms with Crippen LogP contribution in [0.3, 0.4) is 0 Å². The second kappa shape index (κ2) is 7.91. The van der Waals surface area contributed by atoms with Crippen LogP contribution in [0.25, 0.3) is 0 Å². The molecular weight excluding hydrogens is 356 g/mol. The number of rotatable bonds is 8. The first kappa shape index (κ1) is 17.9. The van der Waals surface area contributed by atoms with Crippen molar-refractivity contribution in [3.63, 3.8) is 0 Å². The number of aryl methyl sites for hydroxylation is 1. The van der Waals surface area contributed by atoms with Crippen LogP contribution < -0.4 is 4.72 Å². The molecule has 1 N–H and O–H groups in total. The van der Waals surface area contributed by atoms with Crippen molar-refractivity contribution in [2.24, 2.45) is 0 Å². The highest BCUT2D eigenvalue weighted by atomic mass is 32.2. The lowest BCUT2D eigenvalue weighted by Crippen LogP contribution is -2.26. The summed E-state index contributed by atoms with van der Waals surface area (Å²) in [6.45, 7) is 1.85. The molecular formula is C14H16N2O4S3. The van der Waals surface area contributed by atoms with Crippen LogP contribution in [0.15, 0.2) is 40.6 Å². The Morgan fingerprint density at radius 3 is 2.78 bits per heavy atom. The maximum Gasteiger partial charge on any atom is 0.273 e. The number of benzene rings is 1. The van der Waals surface area contributed by atoms with E-state index in [1.54, 1.807) is 30.0 Å². The van der Waals surface area contributed by atoms with Gasteiger partial charge in [-0.3, -0.25) is 10.1 Å². The molecule has 0 aliphatic carbocycles. The van der Waals surface area contributed by atoms with Crippen molar-refractivity contribution in [3.05, 3.63) is 56.3 Å². The van der Waals surface area contributed by atoms with Crippen LogP contribution in [0.2, 0.25) is 0 Å². The van der Waals surface area contributed by atoms with Gasteiger partial charge in [0.05, 0.1) is 9.82 Å². The average molecular weight is 372 g/mol. The molecule has 0 bridgehead atoms. The van der Waals surface area contributed by atoms with Crippen molar-refractivity contribution in [1.29, 1.82) is 0 Å². The van der Waals surface area contributed by atoms with Gasteiger partial charge in [-0.15, -0.1) is 11.3 Å². The number of sulfonamides is 1. The summed E-state index contributed by atoms with van der Waals surface area (Å²) in [6.07, 6.45) is 0. The van der Waals surface area contributed by atoms with E-state index < -0.39 is 14.9 Å². The fourth-order valence-corrected chi connectivity index (χ4v) is 4.73. The fraction of sp³-hybridized carbons (Fsp3) is 0.286. The molecule has 0 unspecified atom stereocenters. The molecule has 0 fully saturated rings. The van der Waals surface area contributed by atoms with E-state index in [4.69, 9.17) is 0 Å². The van der Waals surface area contributed by atoms with Gasteiger partial charge < -0.3 is 0 Å². The van der Waals surface area contributed by atoms with Gasteiger partial charge in [0.2, 0.25) is 10.0 Å². The molecule has 0 atom stereocenters. The molecule has 0 amide bonds. The Bertz CT molecular complexity index is 773. The third-order valence-corrected chi connectivity index (χ3v) is 6.58. The van der Waals surface area contributed by atoms with Crippen LogP contribution in [0.5, 0.6) is 0 Å². The van der Waals surface area contributed by atoms with Crippen LogP contribution in [0.1, 0.15) is 10.4 Å². The average Bonchev–Trinajstić information content (AvgIpc) is 3.00. The standard InChI is InChI=1S/C14H16N2O4S3/c1-11-4-5-13(9-14(11)16(17)18)23(19,20)15-6-8-21-10-12-3-2-7-22-12/h2-5,7,9,15H,6,8,10H2,1H3. The zero-order valence-corrected chi connectivity index (χ0v) is 14.8. The Morgan fingerprint density at radius 1 is 1.35 bits per heavy atom. The predicted octanol–water partition coefficient (Wildman–Crippen LogP) is 3.18. The molecule has 0 saturated carbocycles. The fourth-order valence-electron chi connectivity index (χ4n) is 1.85. The lowest BCUT2D eigenvalue weighted by molar-refractivity contribution is -0.385. The molecule has 124 valence electrons. The van der Waals surface area contributed by atoms with E-state index >= 15 is 0 Å². The highest BCUT2D eigenvalue weighted by Gasteiger charge is 2.19. The van der Waals surface area contributed by atoms with E-state index in [0.717, 1.165) is 11.8 Å². The summed E-state index contributed by atoms with van der Waals surface area (Å²) in [7, 11) is -3.73. The van der Waals surface area contributed by atoms with E-state index in [1.807, 2.05) is 17.5 Å².